The molecule has 0 unspecified atom stereocenters. The Balaban J connectivity index is 1.42. The summed E-state index contributed by atoms with van der Waals surface area (Å²) in [5.74, 6) is 1.52. The third-order valence-electron chi connectivity index (χ3n) is 4.96. The molecule has 0 aliphatic carbocycles. The second-order valence-corrected chi connectivity index (χ2v) is 6.95. The lowest BCUT2D eigenvalue weighted by Crippen LogP contribution is -2.23. The second kappa shape index (κ2) is 7.28. The Morgan fingerprint density at radius 1 is 0.724 bits per heavy atom. The van der Waals surface area contributed by atoms with Crippen molar-refractivity contribution >= 4 is 17.1 Å². The van der Waals surface area contributed by atoms with Gasteiger partial charge in [0.25, 0.3) is 0 Å². The maximum atomic E-state index is 6.15. The molecule has 0 fully saturated rings. The van der Waals surface area contributed by atoms with Gasteiger partial charge in [-0.25, -0.2) is 0 Å². The number of hydrogen-bond donors (Lipinski definition) is 0. The Morgan fingerprint density at radius 2 is 1.52 bits per heavy atom. The van der Waals surface area contributed by atoms with Crippen LogP contribution in [0.25, 0.3) is 11.4 Å². The summed E-state index contributed by atoms with van der Waals surface area (Å²) in [5, 5.41) is 0. The van der Waals surface area contributed by atoms with Crippen molar-refractivity contribution in [3.63, 3.8) is 0 Å². The monoisotopic (exact) mass is 380 g/mol. The van der Waals surface area contributed by atoms with E-state index in [1.165, 1.54) is 11.4 Å². The number of benzene rings is 2. The van der Waals surface area contributed by atoms with Gasteiger partial charge in [0.05, 0.1) is 29.4 Å². The smallest absolute Gasteiger partial charge is 0.131 e. The summed E-state index contributed by atoms with van der Waals surface area (Å²) in [4.78, 5) is 13.3. The fourth-order valence-electron chi connectivity index (χ4n) is 3.58. The van der Waals surface area contributed by atoms with Crippen LogP contribution in [0.5, 0.6) is 11.5 Å². The standard InChI is InChI=1S/C24H20N4O/c1-27-17-28(24-11-3-2-10-23(24)27)18-7-6-8-19(15-18)29-20-12-14-26-22(16-20)21-9-4-5-13-25-21/h2-16H,17H2,1H3. The first-order valence-electron chi connectivity index (χ1n) is 9.51. The molecule has 3 heterocycles. The number of fused-ring (bicyclic) bond motifs is 1. The van der Waals surface area contributed by atoms with Crippen molar-refractivity contribution in [2.24, 2.45) is 0 Å². The molecule has 0 N–H and O–H groups in total. The molecule has 2 aromatic carbocycles. The first kappa shape index (κ1) is 17.3. The Bertz CT molecular complexity index is 1150. The van der Waals surface area contributed by atoms with E-state index in [-0.39, 0.29) is 0 Å². The maximum Gasteiger partial charge on any atom is 0.131 e. The van der Waals surface area contributed by atoms with Crippen molar-refractivity contribution in [1.29, 1.82) is 0 Å². The topological polar surface area (TPSA) is 41.5 Å². The van der Waals surface area contributed by atoms with Crippen LogP contribution in [0.4, 0.5) is 17.1 Å². The van der Waals surface area contributed by atoms with E-state index in [1.54, 1.807) is 12.4 Å². The Labute approximate surface area is 169 Å². The first-order chi connectivity index (χ1) is 14.3. The van der Waals surface area contributed by atoms with Gasteiger partial charge >= 0.3 is 0 Å². The molecular weight excluding hydrogens is 360 g/mol. The highest BCUT2D eigenvalue weighted by Gasteiger charge is 2.24. The van der Waals surface area contributed by atoms with Gasteiger partial charge in [0, 0.05) is 37.3 Å². The summed E-state index contributed by atoms with van der Waals surface area (Å²) >= 11 is 0. The highest BCUT2D eigenvalue weighted by atomic mass is 16.5. The molecule has 5 rings (SSSR count). The Morgan fingerprint density at radius 3 is 2.38 bits per heavy atom. The minimum Gasteiger partial charge on any atom is -0.457 e. The number of anilines is 3. The molecule has 5 heteroatoms. The fourth-order valence-corrected chi connectivity index (χ4v) is 3.58. The Hall–Kier alpha value is -3.86. The second-order valence-electron chi connectivity index (χ2n) is 6.95. The Kier molecular flexibility index (Phi) is 4.33. The summed E-state index contributed by atoms with van der Waals surface area (Å²) in [5.41, 5.74) is 5.14. The van der Waals surface area contributed by atoms with Crippen molar-refractivity contribution in [3.8, 4) is 22.9 Å². The molecule has 2 aromatic heterocycles. The zero-order chi connectivity index (χ0) is 19.6. The molecule has 0 saturated heterocycles. The van der Waals surface area contributed by atoms with E-state index < -0.39 is 0 Å². The molecule has 1 aliphatic rings. The van der Waals surface area contributed by atoms with Crippen LogP contribution >= 0.6 is 0 Å². The lowest BCUT2D eigenvalue weighted by Gasteiger charge is -2.20. The zero-order valence-electron chi connectivity index (χ0n) is 16.1. The first-order valence-corrected chi connectivity index (χ1v) is 9.51. The highest BCUT2D eigenvalue weighted by molar-refractivity contribution is 5.82. The van der Waals surface area contributed by atoms with Gasteiger partial charge in [-0.05, 0) is 42.5 Å². The van der Waals surface area contributed by atoms with E-state index >= 15 is 0 Å². The highest BCUT2D eigenvalue weighted by Crippen LogP contribution is 2.40. The molecule has 1 aliphatic heterocycles. The van der Waals surface area contributed by atoms with E-state index in [0.717, 1.165) is 35.2 Å². The summed E-state index contributed by atoms with van der Waals surface area (Å²) in [6.07, 6.45) is 3.51. The van der Waals surface area contributed by atoms with E-state index in [4.69, 9.17) is 4.74 Å². The molecule has 142 valence electrons. The van der Waals surface area contributed by atoms with Crippen molar-refractivity contribution in [2.75, 3.05) is 23.5 Å². The van der Waals surface area contributed by atoms with Gasteiger partial charge in [-0.15, -0.1) is 0 Å². The van der Waals surface area contributed by atoms with Gasteiger partial charge in [0.1, 0.15) is 11.5 Å². The molecule has 0 spiro atoms. The van der Waals surface area contributed by atoms with Crippen LogP contribution in [-0.4, -0.2) is 23.7 Å². The van der Waals surface area contributed by atoms with Crippen LogP contribution in [0.15, 0.2) is 91.3 Å². The average molecular weight is 380 g/mol. The number of ether oxygens (including phenoxy) is 1. The number of hydrogen-bond acceptors (Lipinski definition) is 5. The predicted molar refractivity (Wildman–Crippen MR) is 116 cm³/mol. The molecule has 5 nitrogen and oxygen atoms in total. The van der Waals surface area contributed by atoms with E-state index in [9.17, 15) is 0 Å². The summed E-state index contributed by atoms with van der Waals surface area (Å²) < 4.78 is 6.15. The van der Waals surface area contributed by atoms with Crippen LogP contribution in [-0.2, 0) is 0 Å². The summed E-state index contributed by atoms with van der Waals surface area (Å²) in [6, 6.07) is 26.1. The minimum absolute atomic E-state index is 0.733. The van der Waals surface area contributed by atoms with E-state index in [0.29, 0.717) is 0 Å². The minimum atomic E-state index is 0.733. The van der Waals surface area contributed by atoms with E-state index in [2.05, 4.69) is 63.2 Å². The lowest BCUT2D eigenvalue weighted by molar-refractivity contribution is 0.482. The van der Waals surface area contributed by atoms with Crippen molar-refractivity contribution in [3.05, 3.63) is 91.3 Å². The molecule has 29 heavy (non-hydrogen) atoms. The molecule has 0 saturated carbocycles. The van der Waals surface area contributed by atoms with Crippen LogP contribution in [0.3, 0.4) is 0 Å². The van der Waals surface area contributed by atoms with Crippen LogP contribution in [0.2, 0.25) is 0 Å². The number of aromatic nitrogens is 2. The van der Waals surface area contributed by atoms with Crippen molar-refractivity contribution in [1.82, 2.24) is 9.97 Å². The third-order valence-corrected chi connectivity index (χ3v) is 4.96. The van der Waals surface area contributed by atoms with Gasteiger partial charge in [-0.2, -0.15) is 0 Å². The lowest BCUT2D eigenvalue weighted by atomic mass is 10.2. The van der Waals surface area contributed by atoms with Gasteiger partial charge in [-0.3, -0.25) is 9.97 Å². The van der Waals surface area contributed by atoms with Crippen LogP contribution in [0, 0.1) is 0 Å². The zero-order valence-corrected chi connectivity index (χ0v) is 16.1. The van der Waals surface area contributed by atoms with Crippen molar-refractivity contribution < 1.29 is 4.74 Å². The molecule has 0 radical (unpaired) electrons. The normalized spacial score (nSPS) is 12.7. The predicted octanol–water partition coefficient (Wildman–Crippen LogP) is 5.48. The van der Waals surface area contributed by atoms with Gasteiger partial charge in [0.15, 0.2) is 0 Å². The molecule has 4 aromatic rings. The number of para-hydroxylation sites is 2. The largest absolute Gasteiger partial charge is 0.457 e. The summed E-state index contributed by atoms with van der Waals surface area (Å²) in [6.45, 7) is 0.807. The molecule has 0 bridgehead atoms. The van der Waals surface area contributed by atoms with Gasteiger partial charge in [-0.1, -0.05) is 24.3 Å². The van der Waals surface area contributed by atoms with Crippen LogP contribution in [0.1, 0.15) is 0 Å². The SMILES string of the molecule is CN1CN(c2cccc(Oc3ccnc(-c4ccccn4)c3)c2)c2ccccc21. The quantitative estimate of drug-likeness (QED) is 0.469. The van der Waals surface area contributed by atoms with Crippen LogP contribution < -0.4 is 14.5 Å². The number of nitrogens with zero attached hydrogens (tertiary/aromatic N) is 4. The van der Waals surface area contributed by atoms with Crippen molar-refractivity contribution in [2.45, 2.75) is 0 Å². The number of pyridine rings is 2. The number of rotatable bonds is 4. The molecular formula is C24H20N4O. The van der Waals surface area contributed by atoms with E-state index in [1.807, 2.05) is 42.5 Å². The molecule has 0 atom stereocenters. The van der Waals surface area contributed by atoms with Gasteiger partial charge < -0.3 is 14.5 Å². The van der Waals surface area contributed by atoms with Gasteiger partial charge in [0.2, 0.25) is 0 Å². The third kappa shape index (κ3) is 3.38. The average Bonchev–Trinajstić information content (AvgIpc) is 3.12. The molecule has 0 amide bonds. The fraction of sp³-hybridized carbons (Fsp3) is 0.0833. The maximum absolute atomic E-state index is 6.15. The summed E-state index contributed by atoms with van der Waals surface area (Å²) in [7, 11) is 2.11.